The van der Waals surface area contributed by atoms with Crippen molar-refractivity contribution in [2.75, 3.05) is 19.6 Å². The Kier molecular flexibility index (Phi) is 5.78. The number of rotatable bonds is 4. The highest BCUT2D eigenvalue weighted by Crippen LogP contribution is 2.25. The number of piperidine rings is 1. The molecule has 0 aliphatic carbocycles. The highest BCUT2D eigenvalue weighted by atomic mass is 79.9. The molecular formula is C14H17Br2N3O2. The van der Waals surface area contributed by atoms with Crippen LogP contribution in [0.25, 0.3) is 0 Å². The molecule has 2 rings (SSSR count). The summed E-state index contributed by atoms with van der Waals surface area (Å²) in [5.74, 6) is -0.665. The third-order valence-electron chi connectivity index (χ3n) is 3.50. The second-order valence-corrected chi connectivity index (χ2v) is 6.77. The molecule has 1 aromatic rings. The molecule has 21 heavy (non-hydrogen) atoms. The summed E-state index contributed by atoms with van der Waals surface area (Å²) in [6, 6.07) is 5.45. The van der Waals surface area contributed by atoms with E-state index in [1.165, 1.54) is 0 Å². The lowest BCUT2D eigenvalue weighted by Gasteiger charge is -2.34. The first-order valence-electron chi connectivity index (χ1n) is 6.74. The third kappa shape index (κ3) is 4.28. The number of carbonyl (C=O) groups is 2. The first-order valence-corrected chi connectivity index (χ1v) is 8.32. The normalized spacial score (nSPS) is 15.7. The van der Waals surface area contributed by atoms with Crippen LogP contribution in [-0.4, -0.2) is 42.4 Å². The molecule has 1 saturated heterocycles. The van der Waals surface area contributed by atoms with Crippen LogP contribution in [0.4, 0.5) is 0 Å². The van der Waals surface area contributed by atoms with Crippen LogP contribution in [0.5, 0.6) is 0 Å². The van der Waals surface area contributed by atoms with Crippen molar-refractivity contribution in [1.29, 1.82) is 0 Å². The van der Waals surface area contributed by atoms with Gasteiger partial charge in [-0.3, -0.25) is 9.59 Å². The molecule has 1 fully saturated rings. The quantitative estimate of drug-likeness (QED) is 0.783. The molecule has 1 aliphatic heterocycles. The average Bonchev–Trinajstić information content (AvgIpc) is 2.47. The summed E-state index contributed by atoms with van der Waals surface area (Å²) in [4.78, 5) is 25.7. The number of halogens is 2. The second kappa shape index (κ2) is 7.38. The van der Waals surface area contributed by atoms with E-state index in [0.717, 1.165) is 30.4 Å². The van der Waals surface area contributed by atoms with E-state index in [1.807, 2.05) is 12.1 Å². The molecule has 0 atom stereocenters. The maximum atomic E-state index is 12.8. The van der Waals surface area contributed by atoms with Crippen molar-refractivity contribution >= 4 is 43.7 Å². The molecule has 1 aliphatic rings. The van der Waals surface area contributed by atoms with E-state index >= 15 is 0 Å². The van der Waals surface area contributed by atoms with E-state index in [2.05, 4.69) is 37.2 Å². The SMILES string of the molecule is NC(=O)CN(C(=O)c1cc(Br)ccc1Br)C1CCNCC1. The number of primary amides is 1. The molecule has 0 saturated carbocycles. The molecule has 114 valence electrons. The highest BCUT2D eigenvalue weighted by molar-refractivity contribution is 9.11. The fourth-order valence-corrected chi connectivity index (χ4v) is 3.25. The van der Waals surface area contributed by atoms with E-state index < -0.39 is 5.91 Å². The Balaban J connectivity index is 2.28. The average molecular weight is 419 g/mol. The van der Waals surface area contributed by atoms with E-state index in [0.29, 0.717) is 10.0 Å². The van der Waals surface area contributed by atoms with Gasteiger partial charge in [0.1, 0.15) is 0 Å². The third-order valence-corrected chi connectivity index (χ3v) is 4.68. The van der Waals surface area contributed by atoms with Gasteiger partial charge in [-0.2, -0.15) is 0 Å². The van der Waals surface area contributed by atoms with Gasteiger partial charge in [-0.1, -0.05) is 15.9 Å². The van der Waals surface area contributed by atoms with Crippen LogP contribution in [-0.2, 0) is 4.79 Å². The fourth-order valence-electron chi connectivity index (χ4n) is 2.47. The maximum absolute atomic E-state index is 12.8. The fraction of sp³-hybridized carbons (Fsp3) is 0.429. The van der Waals surface area contributed by atoms with Crippen LogP contribution >= 0.6 is 31.9 Å². The van der Waals surface area contributed by atoms with Gasteiger partial charge in [-0.15, -0.1) is 0 Å². The minimum absolute atomic E-state index is 0.0390. The summed E-state index contributed by atoms with van der Waals surface area (Å²) in [6.45, 7) is 1.63. The molecule has 1 heterocycles. The van der Waals surface area contributed by atoms with Crippen LogP contribution in [0.2, 0.25) is 0 Å². The predicted molar refractivity (Wildman–Crippen MR) is 88.0 cm³/mol. The van der Waals surface area contributed by atoms with Crippen molar-refractivity contribution in [3.05, 3.63) is 32.7 Å². The summed E-state index contributed by atoms with van der Waals surface area (Å²) >= 11 is 6.76. The Bertz CT molecular complexity index is 545. The number of nitrogens with one attached hydrogen (secondary N) is 1. The summed E-state index contributed by atoms with van der Waals surface area (Å²) in [7, 11) is 0. The molecule has 0 radical (unpaired) electrons. The standard InChI is InChI=1S/C14H17Br2N3O2/c15-9-1-2-12(16)11(7-9)14(21)19(8-13(17)20)10-3-5-18-6-4-10/h1-2,7,10,18H,3-6,8H2,(H2,17,20). The zero-order chi connectivity index (χ0) is 15.4. The van der Waals surface area contributed by atoms with E-state index in [-0.39, 0.29) is 18.5 Å². The predicted octanol–water partition coefficient (Wildman–Crippen LogP) is 1.89. The van der Waals surface area contributed by atoms with Gasteiger partial charge in [0.25, 0.3) is 5.91 Å². The van der Waals surface area contributed by atoms with Crippen molar-refractivity contribution in [3.8, 4) is 0 Å². The number of benzene rings is 1. The van der Waals surface area contributed by atoms with E-state index in [4.69, 9.17) is 5.73 Å². The number of nitrogens with zero attached hydrogens (tertiary/aromatic N) is 1. The van der Waals surface area contributed by atoms with E-state index in [1.54, 1.807) is 11.0 Å². The minimum atomic E-state index is -0.493. The largest absolute Gasteiger partial charge is 0.368 e. The smallest absolute Gasteiger partial charge is 0.255 e. The van der Waals surface area contributed by atoms with Gasteiger partial charge in [-0.05, 0) is 60.1 Å². The lowest BCUT2D eigenvalue weighted by molar-refractivity contribution is -0.119. The molecule has 0 unspecified atom stereocenters. The van der Waals surface area contributed by atoms with Crippen molar-refractivity contribution in [2.24, 2.45) is 5.73 Å². The van der Waals surface area contributed by atoms with Gasteiger partial charge in [0.05, 0.1) is 12.1 Å². The van der Waals surface area contributed by atoms with E-state index in [9.17, 15) is 9.59 Å². The summed E-state index contributed by atoms with van der Waals surface area (Å²) < 4.78 is 1.53. The number of carbonyl (C=O) groups excluding carboxylic acids is 2. The lowest BCUT2D eigenvalue weighted by Crippen LogP contribution is -2.49. The molecule has 0 spiro atoms. The molecule has 1 aromatic carbocycles. The van der Waals surface area contributed by atoms with Gasteiger partial charge in [-0.25, -0.2) is 0 Å². The molecule has 2 amide bonds. The molecule has 0 bridgehead atoms. The Morgan fingerprint density at radius 3 is 2.57 bits per heavy atom. The second-order valence-electron chi connectivity index (χ2n) is 5.00. The summed E-state index contributed by atoms with van der Waals surface area (Å²) in [6.07, 6.45) is 1.65. The van der Waals surface area contributed by atoms with Crippen LogP contribution < -0.4 is 11.1 Å². The van der Waals surface area contributed by atoms with Gasteiger partial charge in [0.15, 0.2) is 0 Å². The zero-order valence-corrected chi connectivity index (χ0v) is 14.6. The van der Waals surface area contributed by atoms with Gasteiger partial charge < -0.3 is 16.0 Å². The Labute approximate surface area is 140 Å². The number of amides is 2. The number of nitrogens with two attached hydrogens (primary N) is 1. The van der Waals surface area contributed by atoms with Gasteiger partial charge in [0, 0.05) is 15.0 Å². The summed E-state index contributed by atoms with van der Waals surface area (Å²) in [5, 5.41) is 3.25. The van der Waals surface area contributed by atoms with Crippen molar-refractivity contribution < 1.29 is 9.59 Å². The topological polar surface area (TPSA) is 75.4 Å². The Morgan fingerprint density at radius 2 is 1.95 bits per heavy atom. The monoisotopic (exact) mass is 417 g/mol. The van der Waals surface area contributed by atoms with Gasteiger partial charge >= 0.3 is 0 Å². The number of hydrogen-bond acceptors (Lipinski definition) is 3. The molecular weight excluding hydrogens is 402 g/mol. The lowest BCUT2D eigenvalue weighted by atomic mass is 10.0. The molecule has 5 nitrogen and oxygen atoms in total. The summed E-state index contributed by atoms with van der Waals surface area (Å²) in [5.41, 5.74) is 5.85. The molecule has 7 heteroatoms. The molecule has 3 N–H and O–H groups in total. The van der Waals surface area contributed by atoms with Crippen molar-refractivity contribution in [1.82, 2.24) is 10.2 Å². The minimum Gasteiger partial charge on any atom is -0.368 e. The highest BCUT2D eigenvalue weighted by Gasteiger charge is 2.28. The van der Waals surface area contributed by atoms with Crippen LogP contribution in [0, 0.1) is 0 Å². The first kappa shape index (κ1) is 16.5. The van der Waals surface area contributed by atoms with Crippen molar-refractivity contribution in [3.63, 3.8) is 0 Å². The van der Waals surface area contributed by atoms with Crippen LogP contribution in [0.1, 0.15) is 23.2 Å². The van der Waals surface area contributed by atoms with Crippen LogP contribution in [0.15, 0.2) is 27.1 Å². The Hall–Kier alpha value is -0.920. The maximum Gasteiger partial charge on any atom is 0.255 e. The van der Waals surface area contributed by atoms with Crippen LogP contribution in [0.3, 0.4) is 0 Å². The Morgan fingerprint density at radius 1 is 1.29 bits per heavy atom. The van der Waals surface area contributed by atoms with Crippen molar-refractivity contribution in [2.45, 2.75) is 18.9 Å². The first-order chi connectivity index (χ1) is 9.99. The number of hydrogen-bond donors (Lipinski definition) is 2. The zero-order valence-electron chi connectivity index (χ0n) is 11.4. The van der Waals surface area contributed by atoms with Gasteiger partial charge in [0.2, 0.25) is 5.91 Å². The molecule has 0 aromatic heterocycles.